The van der Waals surface area contributed by atoms with E-state index in [1.54, 1.807) is 54.3 Å². The molecule has 0 fully saturated rings. The number of carbonyl (C=O) groups excluding carboxylic acids is 2. The minimum atomic E-state index is -0.764. The van der Waals surface area contributed by atoms with Gasteiger partial charge >= 0.3 is 0 Å². The van der Waals surface area contributed by atoms with E-state index < -0.39 is 17.2 Å². The summed E-state index contributed by atoms with van der Waals surface area (Å²) in [6.07, 6.45) is 5.12. The van der Waals surface area contributed by atoms with Crippen molar-refractivity contribution in [3.05, 3.63) is 113 Å². The number of amides is 2. The summed E-state index contributed by atoms with van der Waals surface area (Å²) in [5, 5.41) is 5.55. The Hall–Kier alpha value is -5.58. The van der Waals surface area contributed by atoms with Gasteiger partial charge in [-0.05, 0) is 61.0 Å². The quantitative estimate of drug-likeness (QED) is 0.254. The second-order valence-electron chi connectivity index (χ2n) is 9.15. The number of fused-ring (bicyclic) bond motifs is 1. The van der Waals surface area contributed by atoms with E-state index in [-0.39, 0.29) is 39.7 Å². The van der Waals surface area contributed by atoms with Crippen molar-refractivity contribution >= 4 is 28.5 Å². The molecule has 0 aliphatic rings. The first-order valence-corrected chi connectivity index (χ1v) is 13.1. The molecule has 42 heavy (non-hydrogen) atoms. The van der Waals surface area contributed by atoms with E-state index in [2.05, 4.69) is 20.6 Å². The Balaban J connectivity index is 1.39. The summed E-state index contributed by atoms with van der Waals surface area (Å²) in [7, 11) is 1.56. The van der Waals surface area contributed by atoms with Gasteiger partial charge in [-0.3, -0.25) is 19.4 Å². The lowest BCUT2D eigenvalue weighted by molar-refractivity contribution is 0.0947. The first-order chi connectivity index (χ1) is 20.4. The number of pyridine rings is 3. The van der Waals surface area contributed by atoms with Crippen molar-refractivity contribution in [3.63, 3.8) is 0 Å². The van der Waals surface area contributed by atoms with Crippen LogP contribution < -0.4 is 25.5 Å². The second-order valence-corrected chi connectivity index (χ2v) is 9.15. The Morgan fingerprint density at radius 3 is 2.50 bits per heavy atom. The fourth-order valence-corrected chi connectivity index (χ4v) is 4.18. The fraction of sp³-hybridized carbons (Fsp3) is 0.129. The average Bonchev–Trinajstić information content (AvgIpc) is 3.01. The van der Waals surface area contributed by atoms with Gasteiger partial charge in [0.1, 0.15) is 28.4 Å². The summed E-state index contributed by atoms with van der Waals surface area (Å²) in [5.41, 5.74) is 0.606. The predicted molar refractivity (Wildman–Crippen MR) is 155 cm³/mol. The molecular formula is C31H26FN5O5. The molecule has 0 atom stereocenters. The largest absolute Gasteiger partial charge is 0.497 e. The molecule has 0 aliphatic heterocycles. The first-order valence-electron chi connectivity index (χ1n) is 13.1. The van der Waals surface area contributed by atoms with E-state index in [1.165, 1.54) is 36.7 Å². The van der Waals surface area contributed by atoms with E-state index in [1.807, 2.05) is 6.92 Å². The van der Waals surface area contributed by atoms with Gasteiger partial charge in [0.2, 0.25) is 5.43 Å². The highest BCUT2D eigenvalue weighted by Crippen LogP contribution is 2.27. The number of anilines is 1. The molecule has 0 radical (unpaired) electrons. The third-order valence-electron chi connectivity index (χ3n) is 6.27. The molecule has 0 bridgehead atoms. The normalized spacial score (nSPS) is 10.7. The van der Waals surface area contributed by atoms with Gasteiger partial charge in [-0.25, -0.2) is 9.37 Å². The number of methoxy groups -OCH3 is 1. The molecule has 0 unspecified atom stereocenters. The van der Waals surface area contributed by atoms with Crippen molar-refractivity contribution in [1.82, 2.24) is 19.9 Å². The van der Waals surface area contributed by atoms with Crippen LogP contribution in [0.2, 0.25) is 0 Å². The van der Waals surface area contributed by atoms with E-state index in [0.29, 0.717) is 23.6 Å². The number of aromatic nitrogens is 3. The number of ether oxygens (including phenoxy) is 2. The summed E-state index contributed by atoms with van der Waals surface area (Å²) < 4.78 is 27.5. The Kier molecular flexibility index (Phi) is 8.19. The van der Waals surface area contributed by atoms with E-state index in [0.717, 1.165) is 12.5 Å². The van der Waals surface area contributed by atoms with Crippen LogP contribution in [0.25, 0.3) is 16.7 Å². The molecule has 2 amide bonds. The standard InChI is InChI=1S/C31H26FN5O5/c1-3-13-35-31(40)26-17-22(12-15-33-26)42-27-11-6-19(16-25(27)32)36-30(39)24-18-37(20-7-9-21(41-2)10-8-20)29-23(28(24)38)5-4-14-34-29/h4-12,14-18H,3,13H2,1-2H3,(H,35,40)(H,36,39). The van der Waals surface area contributed by atoms with Gasteiger partial charge in [0.05, 0.1) is 12.5 Å². The van der Waals surface area contributed by atoms with E-state index in [9.17, 15) is 18.8 Å². The lowest BCUT2D eigenvalue weighted by Gasteiger charge is -2.14. The lowest BCUT2D eigenvalue weighted by Crippen LogP contribution is -2.24. The van der Waals surface area contributed by atoms with Crippen LogP contribution in [0, 0.1) is 5.82 Å². The molecule has 2 aromatic carbocycles. The van der Waals surface area contributed by atoms with Crippen LogP contribution in [0.15, 0.2) is 90.1 Å². The number of rotatable bonds is 9. The number of nitrogens with one attached hydrogen (secondary N) is 2. The zero-order chi connectivity index (χ0) is 29.6. The van der Waals surface area contributed by atoms with Gasteiger partial charge in [-0.1, -0.05) is 6.92 Å². The Bertz CT molecular complexity index is 1840. The summed E-state index contributed by atoms with van der Waals surface area (Å²) in [6.45, 7) is 2.43. The van der Waals surface area contributed by atoms with Gasteiger partial charge < -0.3 is 24.7 Å². The molecule has 212 valence electrons. The Labute approximate surface area is 239 Å². The summed E-state index contributed by atoms with van der Waals surface area (Å²) in [4.78, 5) is 47.1. The van der Waals surface area contributed by atoms with Crippen LogP contribution in [0.5, 0.6) is 17.2 Å². The molecule has 0 aliphatic carbocycles. The highest BCUT2D eigenvalue weighted by molar-refractivity contribution is 6.05. The molecule has 3 heterocycles. The zero-order valence-electron chi connectivity index (χ0n) is 22.8. The second kappa shape index (κ2) is 12.3. The minimum Gasteiger partial charge on any atom is -0.497 e. The highest BCUT2D eigenvalue weighted by Gasteiger charge is 2.18. The van der Waals surface area contributed by atoms with Crippen molar-refractivity contribution in [2.45, 2.75) is 13.3 Å². The molecule has 0 saturated carbocycles. The molecule has 2 N–H and O–H groups in total. The zero-order valence-corrected chi connectivity index (χ0v) is 22.8. The number of benzene rings is 2. The number of carbonyl (C=O) groups is 2. The van der Waals surface area contributed by atoms with Crippen LogP contribution in [0.1, 0.15) is 34.2 Å². The average molecular weight is 568 g/mol. The number of nitrogens with zero attached hydrogens (tertiary/aromatic N) is 3. The third kappa shape index (κ3) is 5.94. The number of hydrogen-bond donors (Lipinski definition) is 2. The summed E-state index contributed by atoms with van der Waals surface area (Å²) >= 11 is 0. The van der Waals surface area contributed by atoms with Crippen LogP contribution in [-0.2, 0) is 0 Å². The van der Waals surface area contributed by atoms with Gasteiger partial charge in [-0.15, -0.1) is 0 Å². The SMILES string of the molecule is CCCNC(=O)c1cc(Oc2ccc(NC(=O)c3cn(-c4ccc(OC)cc4)c4ncccc4c3=O)cc2F)ccn1. The van der Waals surface area contributed by atoms with Crippen molar-refractivity contribution in [1.29, 1.82) is 0 Å². The van der Waals surface area contributed by atoms with Crippen molar-refractivity contribution in [3.8, 4) is 22.9 Å². The van der Waals surface area contributed by atoms with Crippen molar-refractivity contribution < 1.29 is 23.5 Å². The molecule has 10 nitrogen and oxygen atoms in total. The highest BCUT2D eigenvalue weighted by atomic mass is 19.1. The number of hydrogen-bond acceptors (Lipinski definition) is 7. The van der Waals surface area contributed by atoms with Crippen LogP contribution in [0.4, 0.5) is 10.1 Å². The minimum absolute atomic E-state index is 0.112. The first kappa shape index (κ1) is 28.0. The third-order valence-corrected chi connectivity index (χ3v) is 6.27. The van der Waals surface area contributed by atoms with Gasteiger partial charge in [0.15, 0.2) is 11.6 Å². The van der Waals surface area contributed by atoms with E-state index in [4.69, 9.17) is 9.47 Å². The fourth-order valence-electron chi connectivity index (χ4n) is 4.18. The Morgan fingerprint density at radius 1 is 0.952 bits per heavy atom. The molecule has 5 aromatic rings. The predicted octanol–water partition coefficient (Wildman–Crippen LogP) is 5.11. The molecule has 11 heteroatoms. The van der Waals surface area contributed by atoms with Gasteiger partial charge in [-0.2, -0.15) is 0 Å². The number of halogens is 1. The maximum Gasteiger partial charge on any atom is 0.270 e. The molecular weight excluding hydrogens is 541 g/mol. The van der Waals surface area contributed by atoms with Crippen LogP contribution in [0.3, 0.4) is 0 Å². The van der Waals surface area contributed by atoms with Crippen LogP contribution in [-0.4, -0.2) is 40.0 Å². The molecule has 0 saturated heterocycles. The van der Waals surface area contributed by atoms with E-state index >= 15 is 0 Å². The van der Waals surface area contributed by atoms with Crippen LogP contribution >= 0.6 is 0 Å². The summed E-state index contributed by atoms with van der Waals surface area (Å²) in [5.74, 6) is -1.12. The summed E-state index contributed by atoms with van der Waals surface area (Å²) in [6, 6.07) is 17.0. The lowest BCUT2D eigenvalue weighted by atomic mass is 10.1. The molecule has 5 rings (SSSR count). The van der Waals surface area contributed by atoms with Crippen molar-refractivity contribution in [2.75, 3.05) is 19.0 Å². The maximum atomic E-state index is 15.0. The molecule has 0 spiro atoms. The monoisotopic (exact) mass is 567 g/mol. The van der Waals surface area contributed by atoms with Gasteiger partial charge in [0, 0.05) is 48.6 Å². The topological polar surface area (TPSA) is 124 Å². The molecule has 3 aromatic heterocycles. The van der Waals surface area contributed by atoms with Crippen molar-refractivity contribution in [2.24, 2.45) is 0 Å². The maximum absolute atomic E-state index is 15.0. The Morgan fingerprint density at radius 2 is 1.76 bits per heavy atom. The van der Waals surface area contributed by atoms with Gasteiger partial charge in [0.25, 0.3) is 11.8 Å². The smallest absolute Gasteiger partial charge is 0.270 e.